The van der Waals surface area contributed by atoms with Crippen molar-refractivity contribution < 1.29 is 0 Å². The first-order chi connectivity index (χ1) is 9.72. The van der Waals surface area contributed by atoms with Crippen molar-refractivity contribution in [2.45, 2.75) is 45.4 Å². The van der Waals surface area contributed by atoms with Crippen molar-refractivity contribution in [1.29, 1.82) is 0 Å². The Morgan fingerprint density at radius 1 is 1.05 bits per heavy atom. The summed E-state index contributed by atoms with van der Waals surface area (Å²) in [5.41, 5.74) is 11.5. The summed E-state index contributed by atoms with van der Waals surface area (Å²) in [6, 6.07) is 6.53. The number of aromatic nitrogens is 1. The molecule has 2 aromatic rings. The van der Waals surface area contributed by atoms with Gasteiger partial charge in [0.05, 0.1) is 5.52 Å². The van der Waals surface area contributed by atoms with Crippen LogP contribution in [0.3, 0.4) is 0 Å². The van der Waals surface area contributed by atoms with Crippen LogP contribution in [0, 0.1) is 18.8 Å². The third kappa shape index (κ3) is 2.17. The lowest BCUT2D eigenvalue weighted by atomic mass is 9.93. The smallest absolute Gasteiger partial charge is 0.127 e. The number of pyridine rings is 1. The molecule has 2 nitrogen and oxygen atoms in total. The average Bonchev–Trinajstić information content (AvgIpc) is 3.30. The maximum absolute atomic E-state index is 6.32. The summed E-state index contributed by atoms with van der Waals surface area (Å²) in [7, 11) is 0. The summed E-state index contributed by atoms with van der Waals surface area (Å²) >= 11 is 0. The van der Waals surface area contributed by atoms with Gasteiger partial charge in [-0.15, -0.1) is 0 Å². The van der Waals surface area contributed by atoms with Gasteiger partial charge in [0, 0.05) is 5.39 Å². The van der Waals surface area contributed by atoms with E-state index in [9.17, 15) is 0 Å². The SMILES string of the molecule is Cc1cccc2c(CC3CC3)c(CC3CC3)c(N)nc12. The van der Waals surface area contributed by atoms with Crippen molar-refractivity contribution >= 4 is 16.7 Å². The van der Waals surface area contributed by atoms with Crippen molar-refractivity contribution in [1.82, 2.24) is 4.98 Å². The molecule has 4 rings (SSSR count). The molecule has 0 saturated heterocycles. The minimum absolute atomic E-state index is 0.786. The highest BCUT2D eigenvalue weighted by atomic mass is 14.8. The maximum atomic E-state index is 6.32. The summed E-state index contributed by atoms with van der Waals surface area (Å²) in [5, 5.41) is 1.35. The summed E-state index contributed by atoms with van der Waals surface area (Å²) in [5.74, 6) is 2.53. The molecule has 0 amide bonds. The second-order valence-electron chi connectivity index (χ2n) is 6.72. The quantitative estimate of drug-likeness (QED) is 0.907. The fourth-order valence-electron chi connectivity index (χ4n) is 3.24. The lowest BCUT2D eigenvalue weighted by Crippen LogP contribution is -2.07. The number of hydrogen-bond acceptors (Lipinski definition) is 2. The van der Waals surface area contributed by atoms with Gasteiger partial charge in [-0.25, -0.2) is 4.98 Å². The predicted octanol–water partition coefficient (Wildman–Crippen LogP) is 4.03. The number of hydrogen-bond donors (Lipinski definition) is 1. The Morgan fingerprint density at radius 3 is 2.35 bits per heavy atom. The Kier molecular flexibility index (Phi) is 2.73. The van der Waals surface area contributed by atoms with E-state index in [-0.39, 0.29) is 0 Å². The molecule has 1 aromatic heterocycles. The van der Waals surface area contributed by atoms with E-state index in [4.69, 9.17) is 10.7 Å². The molecule has 0 atom stereocenters. The number of aryl methyl sites for hydroxylation is 1. The molecule has 0 radical (unpaired) electrons. The lowest BCUT2D eigenvalue weighted by molar-refractivity contribution is 0.784. The number of nitrogen functional groups attached to an aromatic ring is 1. The van der Waals surface area contributed by atoms with Gasteiger partial charge < -0.3 is 5.73 Å². The molecule has 2 aliphatic carbocycles. The van der Waals surface area contributed by atoms with E-state index in [2.05, 4.69) is 25.1 Å². The number of para-hydroxylation sites is 1. The summed E-state index contributed by atoms with van der Waals surface area (Å²) in [6.45, 7) is 2.14. The number of fused-ring (bicyclic) bond motifs is 1. The van der Waals surface area contributed by atoms with Crippen LogP contribution in [0.2, 0.25) is 0 Å². The Hall–Kier alpha value is -1.57. The number of benzene rings is 1. The fourth-order valence-corrected chi connectivity index (χ4v) is 3.24. The van der Waals surface area contributed by atoms with E-state index in [0.717, 1.165) is 29.6 Å². The highest BCUT2D eigenvalue weighted by molar-refractivity contribution is 5.88. The van der Waals surface area contributed by atoms with Gasteiger partial charge in [-0.2, -0.15) is 0 Å². The normalized spacial score (nSPS) is 18.6. The van der Waals surface area contributed by atoms with Crippen LogP contribution in [0.25, 0.3) is 10.9 Å². The van der Waals surface area contributed by atoms with Crippen molar-refractivity contribution in [2.24, 2.45) is 11.8 Å². The van der Waals surface area contributed by atoms with Crippen LogP contribution in [0.4, 0.5) is 5.82 Å². The minimum Gasteiger partial charge on any atom is -0.383 e. The second-order valence-corrected chi connectivity index (χ2v) is 6.72. The molecule has 0 spiro atoms. The molecule has 0 aliphatic heterocycles. The molecule has 1 heterocycles. The highest BCUT2D eigenvalue weighted by Gasteiger charge is 2.28. The minimum atomic E-state index is 0.786. The first-order valence-electron chi connectivity index (χ1n) is 7.89. The van der Waals surface area contributed by atoms with Crippen molar-refractivity contribution in [2.75, 3.05) is 5.73 Å². The Labute approximate surface area is 120 Å². The maximum Gasteiger partial charge on any atom is 0.127 e. The van der Waals surface area contributed by atoms with Crippen LogP contribution in [0.5, 0.6) is 0 Å². The molecule has 2 fully saturated rings. The molecular weight excluding hydrogens is 244 g/mol. The molecule has 0 unspecified atom stereocenters. The summed E-state index contributed by atoms with van der Waals surface area (Å²) in [4.78, 5) is 4.72. The number of nitrogens with zero attached hydrogens (tertiary/aromatic N) is 1. The van der Waals surface area contributed by atoms with Gasteiger partial charge in [0.15, 0.2) is 0 Å². The van der Waals surface area contributed by atoms with Gasteiger partial charge in [-0.05, 0) is 74.0 Å². The van der Waals surface area contributed by atoms with Gasteiger partial charge in [-0.3, -0.25) is 0 Å². The van der Waals surface area contributed by atoms with Gasteiger partial charge in [0.25, 0.3) is 0 Å². The Balaban J connectivity index is 1.90. The van der Waals surface area contributed by atoms with E-state index in [1.165, 1.54) is 54.2 Å². The number of rotatable bonds is 4. The topological polar surface area (TPSA) is 38.9 Å². The van der Waals surface area contributed by atoms with Gasteiger partial charge in [-0.1, -0.05) is 18.2 Å². The third-order valence-corrected chi connectivity index (χ3v) is 4.85. The van der Waals surface area contributed by atoms with Crippen LogP contribution < -0.4 is 5.73 Å². The van der Waals surface area contributed by atoms with E-state index < -0.39 is 0 Å². The number of nitrogens with two attached hydrogens (primary N) is 1. The van der Waals surface area contributed by atoms with Crippen molar-refractivity contribution in [3.05, 3.63) is 34.9 Å². The fraction of sp³-hybridized carbons (Fsp3) is 0.500. The highest BCUT2D eigenvalue weighted by Crippen LogP contribution is 2.40. The molecule has 2 aliphatic rings. The van der Waals surface area contributed by atoms with E-state index in [1.54, 1.807) is 0 Å². The average molecular weight is 266 g/mol. The van der Waals surface area contributed by atoms with E-state index >= 15 is 0 Å². The van der Waals surface area contributed by atoms with Crippen LogP contribution in [-0.2, 0) is 12.8 Å². The first-order valence-corrected chi connectivity index (χ1v) is 7.89. The zero-order valence-corrected chi connectivity index (χ0v) is 12.2. The second kappa shape index (κ2) is 4.47. The summed E-state index contributed by atoms with van der Waals surface area (Å²) < 4.78 is 0. The largest absolute Gasteiger partial charge is 0.383 e. The third-order valence-electron chi connectivity index (χ3n) is 4.85. The molecule has 1 aromatic carbocycles. The molecule has 2 heteroatoms. The predicted molar refractivity (Wildman–Crippen MR) is 83.7 cm³/mol. The molecule has 2 saturated carbocycles. The van der Waals surface area contributed by atoms with Crippen LogP contribution in [-0.4, -0.2) is 4.98 Å². The Bertz CT molecular complexity index is 667. The molecule has 0 bridgehead atoms. The Morgan fingerprint density at radius 2 is 1.70 bits per heavy atom. The molecule has 104 valence electrons. The standard InChI is InChI=1S/C18H22N2/c1-11-3-2-4-14-15(9-12-5-6-12)16(10-13-7-8-13)18(19)20-17(11)14/h2-4,12-13H,5-10H2,1H3,(H2,19,20). The van der Waals surface area contributed by atoms with Gasteiger partial charge >= 0.3 is 0 Å². The zero-order valence-electron chi connectivity index (χ0n) is 12.2. The van der Waals surface area contributed by atoms with Crippen LogP contribution in [0.1, 0.15) is 42.4 Å². The first kappa shape index (κ1) is 12.2. The summed E-state index contributed by atoms with van der Waals surface area (Å²) in [6.07, 6.45) is 7.86. The van der Waals surface area contributed by atoms with Gasteiger partial charge in [0.1, 0.15) is 5.82 Å². The zero-order chi connectivity index (χ0) is 13.7. The van der Waals surface area contributed by atoms with Crippen LogP contribution >= 0.6 is 0 Å². The van der Waals surface area contributed by atoms with Crippen LogP contribution in [0.15, 0.2) is 18.2 Å². The molecule has 20 heavy (non-hydrogen) atoms. The lowest BCUT2D eigenvalue weighted by Gasteiger charge is -2.16. The van der Waals surface area contributed by atoms with Gasteiger partial charge in [0.2, 0.25) is 0 Å². The van der Waals surface area contributed by atoms with E-state index in [1.807, 2.05) is 0 Å². The molecule has 2 N–H and O–H groups in total. The van der Waals surface area contributed by atoms with Crippen molar-refractivity contribution in [3.63, 3.8) is 0 Å². The molecular formula is C18H22N2. The monoisotopic (exact) mass is 266 g/mol. The van der Waals surface area contributed by atoms with Crippen molar-refractivity contribution in [3.8, 4) is 0 Å². The van der Waals surface area contributed by atoms with E-state index in [0.29, 0.717) is 0 Å². The number of anilines is 1.